The molecule has 1 aromatic rings. The molecule has 0 aromatic heterocycles. The van der Waals surface area contributed by atoms with Crippen molar-refractivity contribution in [1.29, 1.82) is 5.26 Å². The molecule has 0 saturated heterocycles. The Hall–Kier alpha value is -2.02. The molecule has 4 nitrogen and oxygen atoms in total. The lowest BCUT2D eigenvalue weighted by Gasteiger charge is -2.27. The molecule has 1 aromatic carbocycles. The van der Waals surface area contributed by atoms with Crippen molar-refractivity contribution in [1.82, 2.24) is 0 Å². The van der Waals surface area contributed by atoms with Crippen LogP contribution in [0, 0.1) is 11.3 Å². The number of aldehydes is 1. The maximum atomic E-state index is 11.3. The van der Waals surface area contributed by atoms with Crippen molar-refractivity contribution in [2.24, 2.45) is 0 Å². The SMILES string of the molecule is N#Cc1c2c(c(C=O)c3c1OCCC3)OCCC2. The fraction of sp³-hybridized carbons (Fsp3) is 0.429. The van der Waals surface area contributed by atoms with Gasteiger partial charge in [-0.05, 0) is 25.7 Å². The second-order valence-electron chi connectivity index (χ2n) is 4.54. The van der Waals surface area contributed by atoms with Crippen LogP contribution in [0.5, 0.6) is 11.5 Å². The summed E-state index contributed by atoms with van der Waals surface area (Å²) >= 11 is 0. The first-order valence-corrected chi connectivity index (χ1v) is 6.19. The maximum absolute atomic E-state index is 11.3. The van der Waals surface area contributed by atoms with E-state index < -0.39 is 0 Å². The van der Waals surface area contributed by atoms with Gasteiger partial charge in [0.05, 0.1) is 18.8 Å². The van der Waals surface area contributed by atoms with E-state index in [1.54, 1.807) is 0 Å². The van der Waals surface area contributed by atoms with Gasteiger partial charge in [-0.1, -0.05) is 0 Å². The molecule has 0 unspecified atom stereocenters. The summed E-state index contributed by atoms with van der Waals surface area (Å²) in [6.07, 6.45) is 4.12. The van der Waals surface area contributed by atoms with Gasteiger partial charge < -0.3 is 9.47 Å². The summed E-state index contributed by atoms with van der Waals surface area (Å²) in [4.78, 5) is 11.3. The van der Waals surface area contributed by atoms with Crippen LogP contribution in [-0.4, -0.2) is 19.5 Å². The third-order valence-corrected chi connectivity index (χ3v) is 3.51. The molecule has 0 aliphatic carbocycles. The Morgan fingerprint density at radius 3 is 2.39 bits per heavy atom. The standard InChI is InChI=1S/C14H13NO3/c15-7-11-9-3-1-6-18-14(9)12(8-16)10-4-2-5-17-13(10)11/h8H,1-6H2. The predicted molar refractivity (Wildman–Crippen MR) is 64.2 cm³/mol. The summed E-state index contributed by atoms with van der Waals surface area (Å²) in [7, 11) is 0. The highest BCUT2D eigenvalue weighted by Gasteiger charge is 2.28. The highest BCUT2D eigenvalue weighted by molar-refractivity contribution is 5.86. The molecule has 0 amide bonds. The van der Waals surface area contributed by atoms with Gasteiger partial charge in [-0.25, -0.2) is 0 Å². The third-order valence-electron chi connectivity index (χ3n) is 3.51. The van der Waals surface area contributed by atoms with Gasteiger partial charge in [0.25, 0.3) is 0 Å². The number of ether oxygens (including phenoxy) is 2. The zero-order valence-electron chi connectivity index (χ0n) is 9.99. The first kappa shape index (κ1) is 11.1. The number of nitrogens with zero attached hydrogens (tertiary/aromatic N) is 1. The highest BCUT2D eigenvalue weighted by Crippen LogP contribution is 2.42. The van der Waals surface area contributed by atoms with Gasteiger partial charge >= 0.3 is 0 Å². The van der Waals surface area contributed by atoms with Crippen molar-refractivity contribution in [2.75, 3.05) is 13.2 Å². The lowest BCUT2D eigenvalue weighted by atomic mass is 9.89. The molecule has 0 spiro atoms. The van der Waals surface area contributed by atoms with Crippen LogP contribution in [0.2, 0.25) is 0 Å². The molecule has 4 heteroatoms. The van der Waals surface area contributed by atoms with Gasteiger partial charge in [0, 0.05) is 11.1 Å². The fourth-order valence-electron chi connectivity index (χ4n) is 2.72. The predicted octanol–water partition coefficient (Wildman–Crippen LogP) is 2.02. The normalized spacial score (nSPS) is 16.6. The molecule has 0 fully saturated rings. The minimum atomic E-state index is 0.560. The minimum Gasteiger partial charge on any atom is -0.492 e. The van der Waals surface area contributed by atoms with Crippen molar-refractivity contribution >= 4 is 6.29 Å². The third kappa shape index (κ3) is 1.47. The number of hydrogen-bond acceptors (Lipinski definition) is 4. The molecule has 18 heavy (non-hydrogen) atoms. The largest absolute Gasteiger partial charge is 0.492 e. The molecule has 0 radical (unpaired) electrons. The Kier molecular flexibility index (Phi) is 2.67. The van der Waals surface area contributed by atoms with Crippen LogP contribution in [0.15, 0.2) is 0 Å². The molecular formula is C14H13NO3. The Bertz CT molecular complexity index is 520. The van der Waals surface area contributed by atoms with Crippen molar-refractivity contribution in [2.45, 2.75) is 25.7 Å². The van der Waals surface area contributed by atoms with Gasteiger partial charge in [0.1, 0.15) is 23.1 Å². The summed E-state index contributed by atoms with van der Waals surface area (Å²) in [6, 6.07) is 2.21. The summed E-state index contributed by atoms with van der Waals surface area (Å²) < 4.78 is 11.2. The minimum absolute atomic E-state index is 0.560. The topological polar surface area (TPSA) is 59.3 Å². The van der Waals surface area contributed by atoms with Crippen molar-refractivity contribution in [3.05, 3.63) is 22.3 Å². The number of rotatable bonds is 1. The Morgan fingerprint density at radius 1 is 1.06 bits per heavy atom. The summed E-state index contributed by atoms with van der Waals surface area (Å²) in [6.45, 7) is 1.22. The van der Waals surface area contributed by atoms with E-state index in [0.717, 1.165) is 43.1 Å². The molecule has 0 bridgehead atoms. The van der Waals surface area contributed by atoms with E-state index in [1.807, 2.05) is 0 Å². The molecular weight excluding hydrogens is 230 g/mol. The van der Waals surface area contributed by atoms with Crippen molar-refractivity contribution < 1.29 is 14.3 Å². The van der Waals surface area contributed by atoms with E-state index in [0.29, 0.717) is 35.8 Å². The van der Waals surface area contributed by atoms with Crippen LogP contribution in [0.1, 0.15) is 39.9 Å². The second kappa shape index (κ2) is 4.34. The first-order valence-electron chi connectivity index (χ1n) is 6.19. The zero-order chi connectivity index (χ0) is 12.5. The van der Waals surface area contributed by atoms with Crippen molar-refractivity contribution in [3.8, 4) is 17.6 Å². The van der Waals surface area contributed by atoms with Crippen LogP contribution in [0.4, 0.5) is 0 Å². The number of carbonyl (C=O) groups excluding carboxylic acids is 1. The molecule has 3 rings (SSSR count). The van der Waals surface area contributed by atoms with E-state index in [-0.39, 0.29) is 0 Å². The number of fused-ring (bicyclic) bond motifs is 2. The average Bonchev–Trinajstić information content (AvgIpc) is 2.44. The monoisotopic (exact) mass is 243 g/mol. The number of hydrogen-bond donors (Lipinski definition) is 0. The smallest absolute Gasteiger partial charge is 0.154 e. The quantitative estimate of drug-likeness (QED) is 0.708. The average molecular weight is 243 g/mol. The molecule has 0 saturated carbocycles. The molecule has 0 atom stereocenters. The van der Waals surface area contributed by atoms with Gasteiger partial charge in [-0.2, -0.15) is 5.26 Å². The van der Waals surface area contributed by atoms with Gasteiger partial charge in [-0.15, -0.1) is 0 Å². The van der Waals surface area contributed by atoms with Gasteiger partial charge in [0.15, 0.2) is 6.29 Å². The molecule has 2 aliphatic heterocycles. The number of nitriles is 1. The summed E-state index contributed by atoms with van der Waals surface area (Å²) in [5.41, 5.74) is 2.82. The van der Waals surface area contributed by atoms with Gasteiger partial charge in [-0.3, -0.25) is 4.79 Å². The highest BCUT2D eigenvalue weighted by atomic mass is 16.5. The van der Waals surface area contributed by atoms with Gasteiger partial charge in [0.2, 0.25) is 0 Å². The lowest BCUT2D eigenvalue weighted by molar-refractivity contribution is 0.111. The van der Waals surface area contributed by atoms with E-state index in [4.69, 9.17) is 9.47 Å². The molecule has 2 heterocycles. The second-order valence-corrected chi connectivity index (χ2v) is 4.54. The van der Waals surface area contributed by atoms with Crippen LogP contribution in [-0.2, 0) is 12.8 Å². The molecule has 2 aliphatic rings. The van der Waals surface area contributed by atoms with E-state index in [1.165, 1.54) is 0 Å². The fourth-order valence-corrected chi connectivity index (χ4v) is 2.72. The number of benzene rings is 1. The summed E-state index contributed by atoms with van der Waals surface area (Å²) in [5.74, 6) is 1.21. The van der Waals surface area contributed by atoms with Crippen molar-refractivity contribution in [3.63, 3.8) is 0 Å². The van der Waals surface area contributed by atoms with Crippen LogP contribution >= 0.6 is 0 Å². The van der Waals surface area contributed by atoms with Crippen LogP contribution < -0.4 is 9.47 Å². The van der Waals surface area contributed by atoms with E-state index in [9.17, 15) is 10.1 Å². The van der Waals surface area contributed by atoms with E-state index >= 15 is 0 Å². The van der Waals surface area contributed by atoms with Crippen LogP contribution in [0.25, 0.3) is 0 Å². The first-order chi connectivity index (χ1) is 8.86. The zero-order valence-corrected chi connectivity index (χ0v) is 9.99. The van der Waals surface area contributed by atoms with E-state index in [2.05, 4.69) is 6.07 Å². The summed E-state index contributed by atoms with van der Waals surface area (Å²) in [5, 5.41) is 9.34. The lowest BCUT2D eigenvalue weighted by Crippen LogP contribution is -2.18. The Balaban J connectivity index is 2.33. The maximum Gasteiger partial charge on any atom is 0.154 e. The van der Waals surface area contributed by atoms with Crippen LogP contribution in [0.3, 0.4) is 0 Å². The molecule has 92 valence electrons. The number of carbonyl (C=O) groups is 1. The molecule has 0 N–H and O–H groups in total. The Morgan fingerprint density at radius 2 is 1.72 bits per heavy atom. The Labute approximate surface area is 105 Å².